The molecule has 3 rings (SSSR count). The van der Waals surface area contributed by atoms with Gasteiger partial charge in [0.15, 0.2) is 0 Å². The summed E-state index contributed by atoms with van der Waals surface area (Å²) in [7, 11) is -3.01. The zero-order valence-electron chi connectivity index (χ0n) is 19.5. The fourth-order valence-corrected chi connectivity index (χ4v) is 5.15. The molecule has 5 atom stereocenters. The lowest BCUT2D eigenvalue weighted by Gasteiger charge is -2.24. The van der Waals surface area contributed by atoms with Crippen molar-refractivity contribution in [2.75, 3.05) is 13.7 Å². The Labute approximate surface area is 213 Å². The van der Waals surface area contributed by atoms with Gasteiger partial charge in [0.05, 0.1) is 25.9 Å². The van der Waals surface area contributed by atoms with E-state index in [1.54, 1.807) is 24.3 Å². The van der Waals surface area contributed by atoms with Crippen LogP contribution in [0.5, 0.6) is 5.75 Å². The van der Waals surface area contributed by atoms with Crippen molar-refractivity contribution >= 4 is 29.6 Å². The monoisotopic (exact) mass is 586 g/mol. The van der Waals surface area contributed by atoms with Crippen LogP contribution in [0.3, 0.4) is 0 Å². The summed E-state index contributed by atoms with van der Waals surface area (Å²) in [5.41, 5.74) is 8.04. The van der Waals surface area contributed by atoms with E-state index in [-0.39, 0.29) is 24.3 Å². The van der Waals surface area contributed by atoms with Crippen molar-refractivity contribution in [1.82, 2.24) is 14.6 Å². The second-order valence-corrected chi connectivity index (χ2v) is 10.4. The second kappa shape index (κ2) is 11.9. The van der Waals surface area contributed by atoms with Gasteiger partial charge in [-0.05, 0) is 43.6 Å². The summed E-state index contributed by atoms with van der Waals surface area (Å²) in [6.45, 7) is 2.56. The number of nitrogens with zero attached hydrogens (tertiary/aromatic N) is 4. The first-order valence-electron chi connectivity index (χ1n) is 10.6. The van der Waals surface area contributed by atoms with Gasteiger partial charge in [0, 0.05) is 27.6 Å². The summed E-state index contributed by atoms with van der Waals surface area (Å²) in [4.78, 5) is 40.9. The van der Waals surface area contributed by atoms with Crippen LogP contribution in [-0.2, 0) is 23.4 Å². The summed E-state index contributed by atoms with van der Waals surface area (Å²) in [6, 6.07) is 4.56. The van der Waals surface area contributed by atoms with Crippen LogP contribution >= 0.6 is 23.7 Å². The standard InChI is InChI=1S/C20H24BrN6O8P/c1-11-9-27(20(30)23-18(11)28)17-8-15(24-26-22)16(34-17)10-33-36(31,25-12(2)19(29)32-3)35-14-6-4-13(21)5-7-14/h4-7,9,12,15-17H,8,10H2,1-3H3,(H,25,31)(H,23,28,30)/t12?,15-,16+,17+,36?/m0/s1. The van der Waals surface area contributed by atoms with Crippen molar-refractivity contribution in [1.29, 1.82) is 0 Å². The number of nitrogens with one attached hydrogen (secondary N) is 2. The van der Waals surface area contributed by atoms with E-state index in [9.17, 15) is 18.9 Å². The summed E-state index contributed by atoms with van der Waals surface area (Å²) in [6.07, 6.45) is -0.385. The Bertz CT molecular complexity index is 1310. The van der Waals surface area contributed by atoms with Crippen LogP contribution in [-0.4, -0.2) is 47.4 Å². The van der Waals surface area contributed by atoms with E-state index in [0.29, 0.717) is 0 Å². The van der Waals surface area contributed by atoms with Gasteiger partial charge in [-0.15, -0.1) is 0 Å². The first-order valence-corrected chi connectivity index (χ1v) is 13.0. The number of aryl methyl sites for hydroxylation is 1. The number of halogens is 1. The van der Waals surface area contributed by atoms with Gasteiger partial charge >= 0.3 is 19.4 Å². The number of aromatic nitrogens is 2. The molecule has 1 aliphatic heterocycles. The van der Waals surface area contributed by atoms with E-state index < -0.39 is 49.4 Å². The van der Waals surface area contributed by atoms with Crippen LogP contribution in [0, 0.1) is 6.92 Å². The van der Waals surface area contributed by atoms with Crippen molar-refractivity contribution in [3.05, 3.63) is 71.8 Å². The van der Waals surface area contributed by atoms with E-state index in [2.05, 4.69) is 40.8 Å². The molecule has 0 bridgehead atoms. The van der Waals surface area contributed by atoms with Gasteiger partial charge in [-0.2, -0.15) is 5.09 Å². The highest BCUT2D eigenvalue weighted by Crippen LogP contribution is 2.46. The predicted molar refractivity (Wildman–Crippen MR) is 130 cm³/mol. The van der Waals surface area contributed by atoms with Crippen LogP contribution in [0.1, 0.15) is 25.1 Å². The third kappa shape index (κ3) is 6.84. The first kappa shape index (κ1) is 27.7. The van der Waals surface area contributed by atoms with Gasteiger partial charge in [-0.1, -0.05) is 21.0 Å². The molecule has 2 heterocycles. The Kier molecular flexibility index (Phi) is 9.12. The third-order valence-corrected chi connectivity index (χ3v) is 7.39. The fourth-order valence-electron chi connectivity index (χ4n) is 3.39. The summed E-state index contributed by atoms with van der Waals surface area (Å²) in [5.74, 6) is -0.506. The zero-order valence-corrected chi connectivity index (χ0v) is 22.0. The quantitative estimate of drug-likeness (QED) is 0.139. The predicted octanol–water partition coefficient (Wildman–Crippen LogP) is 2.93. The number of aromatic amines is 1. The van der Waals surface area contributed by atoms with Gasteiger partial charge in [0.25, 0.3) is 5.56 Å². The van der Waals surface area contributed by atoms with E-state index >= 15 is 0 Å². The Morgan fingerprint density at radius 1 is 1.42 bits per heavy atom. The Morgan fingerprint density at radius 2 is 2.11 bits per heavy atom. The molecule has 14 nitrogen and oxygen atoms in total. The van der Waals surface area contributed by atoms with Gasteiger partial charge < -0.3 is 14.0 Å². The number of benzene rings is 1. The number of esters is 1. The topological polar surface area (TPSA) is 187 Å². The molecule has 2 N–H and O–H groups in total. The first-order chi connectivity index (χ1) is 17.0. The molecule has 2 aromatic rings. The lowest BCUT2D eigenvalue weighted by molar-refractivity contribution is -0.142. The van der Waals surface area contributed by atoms with E-state index in [4.69, 9.17) is 19.3 Å². The van der Waals surface area contributed by atoms with Crippen molar-refractivity contribution in [2.45, 2.75) is 44.7 Å². The maximum absolute atomic E-state index is 13.6. The molecule has 1 aromatic heterocycles. The Balaban J connectivity index is 1.82. The molecule has 1 aromatic carbocycles. The average Bonchev–Trinajstić information content (AvgIpc) is 3.23. The minimum Gasteiger partial charge on any atom is -0.468 e. The molecule has 0 saturated carbocycles. The number of ether oxygens (including phenoxy) is 2. The van der Waals surface area contributed by atoms with Gasteiger partial charge in [0.1, 0.15) is 18.0 Å². The van der Waals surface area contributed by atoms with Crippen molar-refractivity contribution < 1.29 is 27.9 Å². The van der Waals surface area contributed by atoms with Crippen LogP contribution in [0.2, 0.25) is 0 Å². The lowest BCUT2D eigenvalue weighted by Crippen LogP contribution is -2.36. The van der Waals surface area contributed by atoms with Gasteiger partial charge in [-0.3, -0.25) is 23.7 Å². The van der Waals surface area contributed by atoms with Crippen LogP contribution in [0.15, 0.2) is 49.6 Å². The Hall–Kier alpha value is -2.93. The van der Waals surface area contributed by atoms with Crippen molar-refractivity contribution in [2.24, 2.45) is 5.11 Å². The molecule has 0 aliphatic carbocycles. The minimum absolute atomic E-state index is 0.0906. The van der Waals surface area contributed by atoms with Gasteiger partial charge in [0.2, 0.25) is 0 Å². The van der Waals surface area contributed by atoms with E-state index in [1.807, 2.05) is 0 Å². The van der Waals surface area contributed by atoms with Crippen LogP contribution < -0.4 is 20.9 Å². The zero-order chi connectivity index (χ0) is 26.5. The largest absolute Gasteiger partial charge is 0.468 e. The summed E-state index contributed by atoms with van der Waals surface area (Å²) >= 11 is 3.30. The highest BCUT2D eigenvalue weighted by molar-refractivity contribution is 9.10. The number of carbonyl (C=O) groups is 1. The van der Waals surface area contributed by atoms with E-state index in [1.165, 1.54) is 31.7 Å². The summed E-state index contributed by atoms with van der Waals surface area (Å²) < 4.78 is 37.2. The second-order valence-electron chi connectivity index (χ2n) is 7.83. The molecule has 1 saturated heterocycles. The number of H-pyrrole nitrogens is 1. The van der Waals surface area contributed by atoms with E-state index in [0.717, 1.165) is 4.47 Å². The smallest absolute Gasteiger partial charge is 0.459 e. The molecule has 0 spiro atoms. The number of hydrogen-bond acceptors (Lipinski definition) is 9. The third-order valence-electron chi connectivity index (χ3n) is 5.21. The van der Waals surface area contributed by atoms with Gasteiger partial charge in [-0.25, -0.2) is 9.36 Å². The molecular weight excluding hydrogens is 563 g/mol. The molecule has 0 amide bonds. The minimum atomic E-state index is -4.19. The Morgan fingerprint density at radius 3 is 2.75 bits per heavy atom. The molecule has 16 heteroatoms. The molecule has 0 radical (unpaired) electrons. The fraction of sp³-hybridized carbons (Fsp3) is 0.450. The highest BCUT2D eigenvalue weighted by Gasteiger charge is 2.40. The number of azide groups is 1. The SMILES string of the molecule is COC(=O)C(C)NP(=O)(OC[C@H]1O[C@@H](n2cc(C)c(=O)[nH]c2=O)C[C@@H]1N=[N+]=[N-])Oc1ccc(Br)cc1. The molecule has 36 heavy (non-hydrogen) atoms. The van der Waals surface area contributed by atoms with Crippen molar-refractivity contribution in [3.8, 4) is 5.75 Å². The lowest BCUT2D eigenvalue weighted by atomic mass is 10.1. The summed E-state index contributed by atoms with van der Waals surface area (Å²) in [5, 5.41) is 6.22. The maximum Gasteiger partial charge on any atom is 0.459 e. The molecule has 2 unspecified atom stereocenters. The molecule has 1 fully saturated rings. The highest BCUT2D eigenvalue weighted by atomic mass is 79.9. The average molecular weight is 587 g/mol. The number of hydrogen-bond donors (Lipinski definition) is 2. The number of methoxy groups -OCH3 is 1. The van der Waals surface area contributed by atoms with Crippen LogP contribution in [0.25, 0.3) is 10.4 Å². The number of rotatable bonds is 10. The maximum atomic E-state index is 13.6. The van der Waals surface area contributed by atoms with Crippen molar-refractivity contribution in [3.63, 3.8) is 0 Å². The molecular formula is C20H24BrN6O8P. The van der Waals surface area contributed by atoms with Crippen LogP contribution in [0.4, 0.5) is 0 Å². The molecule has 194 valence electrons. The normalized spacial score (nSPS) is 21.7. The number of carbonyl (C=O) groups excluding carboxylic acids is 1. The molecule has 1 aliphatic rings.